The number of fused-ring (bicyclic) bond motifs is 1. The molecule has 3 rings (SSSR count). The zero-order valence-electron chi connectivity index (χ0n) is 10.0. The lowest BCUT2D eigenvalue weighted by Gasteiger charge is -1.99. The molecular formula is C13H14N4OS2. The maximum atomic E-state index is 5.20. The molecule has 0 saturated carbocycles. The zero-order valence-corrected chi connectivity index (χ0v) is 11.6. The highest BCUT2D eigenvalue weighted by Crippen LogP contribution is 2.21. The van der Waals surface area contributed by atoms with E-state index in [0.29, 0.717) is 15.1 Å². The van der Waals surface area contributed by atoms with E-state index >= 15 is 0 Å². The minimum Gasteiger partial charge on any atom is -0.497 e. The number of imidazole rings is 1. The van der Waals surface area contributed by atoms with Crippen LogP contribution in [0.5, 0.6) is 5.75 Å². The van der Waals surface area contributed by atoms with Gasteiger partial charge in [-0.05, 0) is 36.5 Å². The van der Waals surface area contributed by atoms with Crippen LogP contribution >= 0.6 is 24.4 Å². The Morgan fingerprint density at radius 3 is 2.55 bits per heavy atom. The van der Waals surface area contributed by atoms with Crippen LogP contribution in [0.3, 0.4) is 0 Å². The number of rotatable bonds is 2. The molecule has 20 heavy (non-hydrogen) atoms. The molecule has 0 bridgehead atoms. The first-order valence-corrected chi connectivity index (χ1v) is 6.35. The van der Waals surface area contributed by atoms with Gasteiger partial charge in [-0.3, -0.25) is 5.10 Å². The van der Waals surface area contributed by atoms with E-state index in [1.165, 1.54) is 0 Å². The Balaban J connectivity index is 0.00000147. The molecular weight excluding hydrogens is 292 g/mol. The summed E-state index contributed by atoms with van der Waals surface area (Å²) >= 11 is 10.2. The molecule has 0 saturated heterocycles. The van der Waals surface area contributed by atoms with Crippen LogP contribution in [-0.4, -0.2) is 26.7 Å². The Morgan fingerprint density at radius 2 is 1.90 bits per heavy atom. The van der Waals surface area contributed by atoms with Crippen molar-refractivity contribution in [2.75, 3.05) is 7.11 Å². The fraction of sp³-hybridized carbons (Fsp3) is 0.154. The predicted octanol–water partition coefficient (Wildman–Crippen LogP) is 3.76. The second-order valence-corrected chi connectivity index (χ2v) is 4.76. The monoisotopic (exact) mass is 306 g/mol. The standard InChI is InChI=1S/C12H10N4OS2.CH4/c1-17-8-4-2-7(3-5-8)9-6-16-10(13-9)11(18)14-12(19)15-16;/h2-6H,1H3,(H2,14,15,18,19);1H4. The van der Waals surface area contributed by atoms with E-state index in [4.69, 9.17) is 29.2 Å². The van der Waals surface area contributed by atoms with Crippen molar-refractivity contribution in [3.63, 3.8) is 0 Å². The van der Waals surface area contributed by atoms with Crippen molar-refractivity contribution in [3.8, 4) is 17.0 Å². The molecule has 0 amide bonds. The number of ether oxygens (including phenoxy) is 1. The number of hydrogen-bond acceptors (Lipinski definition) is 4. The molecule has 0 atom stereocenters. The number of H-pyrrole nitrogens is 2. The number of methoxy groups -OCH3 is 1. The zero-order chi connectivity index (χ0) is 13.4. The van der Waals surface area contributed by atoms with Gasteiger partial charge in [-0.15, -0.1) is 0 Å². The van der Waals surface area contributed by atoms with Gasteiger partial charge in [0.05, 0.1) is 19.0 Å². The molecule has 0 fully saturated rings. The van der Waals surface area contributed by atoms with E-state index in [9.17, 15) is 0 Å². The Morgan fingerprint density at radius 1 is 1.20 bits per heavy atom. The van der Waals surface area contributed by atoms with Crippen LogP contribution in [-0.2, 0) is 0 Å². The van der Waals surface area contributed by atoms with Crippen molar-refractivity contribution in [2.45, 2.75) is 7.43 Å². The lowest BCUT2D eigenvalue weighted by atomic mass is 10.2. The SMILES string of the molecule is C.COc1ccc(-c2cn3[nH]c(=S)[nH]c(=S)c3n2)cc1. The van der Waals surface area contributed by atoms with Crippen molar-refractivity contribution in [2.24, 2.45) is 0 Å². The summed E-state index contributed by atoms with van der Waals surface area (Å²) in [6.45, 7) is 0. The van der Waals surface area contributed by atoms with Gasteiger partial charge >= 0.3 is 0 Å². The van der Waals surface area contributed by atoms with Crippen molar-refractivity contribution >= 4 is 30.1 Å². The average molecular weight is 306 g/mol. The highest BCUT2D eigenvalue weighted by molar-refractivity contribution is 7.72. The molecule has 104 valence electrons. The second-order valence-electron chi connectivity index (χ2n) is 3.94. The van der Waals surface area contributed by atoms with Crippen LogP contribution in [0.4, 0.5) is 0 Å². The first-order valence-electron chi connectivity index (χ1n) is 5.53. The van der Waals surface area contributed by atoms with Crippen LogP contribution in [0.25, 0.3) is 16.9 Å². The third kappa shape index (κ3) is 2.50. The quantitative estimate of drug-likeness (QED) is 0.708. The van der Waals surface area contributed by atoms with Gasteiger partial charge in [-0.25, -0.2) is 9.50 Å². The molecule has 7 heteroatoms. The number of hydrogen-bond donors (Lipinski definition) is 2. The number of aromatic amines is 2. The van der Waals surface area contributed by atoms with Crippen LogP contribution in [0.2, 0.25) is 0 Å². The van der Waals surface area contributed by atoms with Gasteiger partial charge in [0.15, 0.2) is 15.1 Å². The molecule has 0 aliphatic heterocycles. The smallest absolute Gasteiger partial charge is 0.190 e. The summed E-state index contributed by atoms with van der Waals surface area (Å²) in [6.07, 6.45) is 1.86. The Kier molecular flexibility index (Phi) is 4.01. The molecule has 2 N–H and O–H groups in total. The number of benzene rings is 1. The van der Waals surface area contributed by atoms with Crippen molar-refractivity contribution in [1.29, 1.82) is 0 Å². The highest BCUT2D eigenvalue weighted by atomic mass is 32.1. The lowest BCUT2D eigenvalue weighted by molar-refractivity contribution is 0.415. The van der Waals surface area contributed by atoms with Crippen LogP contribution in [0.15, 0.2) is 30.5 Å². The molecule has 2 heterocycles. The van der Waals surface area contributed by atoms with Crippen molar-refractivity contribution in [1.82, 2.24) is 19.6 Å². The first kappa shape index (κ1) is 14.4. The molecule has 0 radical (unpaired) electrons. The summed E-state index contributed by atoms with van der Waals surface area (Å²) in [5, 5.41) is 2.97. The van der Waals surface area contributed by atoms with Crippen LogP contribution in [0.1, 0.15) is 7.43 Å². The molecule has 0 aliphatic rings. The van der Waals surface area contributed by atoms with E-state index in [-0.39, 0.29) is 7.43 Å². The fourth-order valence-electron chi connectivity index (χ4n) is 1.82. The predicted molar refractivity (Wildman–Crippen MR) is 84.3 cm³/mol. The van der Waals surface area contributed by atoms with Gasteiger partial charge in [0, 0.05) is 5.56 Å². The summed E-state index contributed by atoms with van der Waals surface area (Å²) in [5.41, 5.74) is 2.45. The number of nitrogens with one attached hydrogen (secondary N) is 2. The normalized spacial score (nSPS) is 10.2. The molecule has 0 unspecified atom stereocenters. The summed E-state index contributed by atoms with van der Waals surface area (Å²) in [7, 11) is 1.64. The summed E-state index contributed by atoms with van der Waals surface area (Å²) < 4.78 is 7.84. The van der Waals surface area contributed by atoms with Crippen molar-refractivity contribution < 1.29 is 4.74 Å². The molecule has 2 aromatic heterocycles. The van der Waals surface area contributed by atoms with E-state index in [2.05, 4.69) is 15.1 Å². The number of aromatic nitrogens is 4. The van der Waals surface area contributed by atoms with Gasteiger partial charge in [-0.1, -0.05) is 19.6 Å². The molecule has 3 aromatic rings. The van der Waals surface area contributed by atoms with Crippen LogP contribution < -0.4 is 4.74 Å². The maximum Gasteiger partial charge on any atom is 0.190 e. The van der Waals surface area contributed by atoms with Gasteiger partial charge < -0.3 is 9.72 Å². The third-order valence-electron chi connectivity index (χ3n) is 2.74. The van der Waals surface area contributed by atoms with E-state index in [1.54, 1.807) is 11.6 Å². The second kappa shape index (κ2) is 5.56. The van der Waals surface area contributed by atoms with Gasteiger partial charge in [0.2, 0.25) is 0 Å². The molecule has 0 aliphatic carbocycles. The molecule has 5 nitrogen and oxygen atoms in total. The van der Waals surface area contributed by atoms with Gasteiger partial charge in [0.25, 0.3) is 0 Å². The van der Waals surface area contributed by atoms with Crippen LogP contribution in [0, 0.1) is 9.41 Å². The summed E-state index contributed by atoms with van der Waals surface area (Å²) in [6, 6.07) is 7.68. The van der Waals surface area contributed by atoms with E-state index in [0.717, 1.165) is 17.0 Å². The maximum absolute atomic E-state index is 5.20. The Bertz CT molecular complexity index is 845. The Labute approximate surface area is 126 Å². The first-order chi connectivity index (χ1) is 9.17. The van der Waals surface area contributed by atoms with Gasteiger partial charge in [0.1, 0.15) is 5.75 Å². The summed E-state index contributed by atoms with van der Waals surface area (Å²) in [4.78, 5) is 7.36. The topological polar surface area (TPSA) is 58.1 Å². The number of nitrogens with zero attached hydrogens (tertiary/aromatic N) is 2. The third-order valence-corrected chi connectivity index (χ3v) is 3.22. The molecule has 1 aromatic carbocycles. The van der Waals surface area contributed by atoms with E-state index in [1.807, 2.05) is 30.5 Å². The van der Waals surface area contributed by atoms with Gasteiger partial charge in [-0.2, -0.15) is 0 Å². The minimum absolute atomic E-state index is 0. The lowest BCUT2D eigenvalue weighted by Crippen LogP contribution is -1.93. The highest BCUT2D eigenvalue weighted by Gasteiger charge is 2.06. The van der Waals surface area contributed by atoms with E-state index < -0.39 is 0 Å². The fourth-order valence-corrected chi connectivity index (χ4v) is 2.33. The van der Waals surface area contributed by atoms with Crippen molar-refractivity contribution in [3.05, 3.63) is 39.9 Å². The largest absolute Gasteiger partial charge is 0.497 e. The molecule has 0 spiro atoms. The summed E-state index contributed by atoms with van der Waals surface area (Å²) in [5.74, 6) is 0.809. The Hall–Kier alpha value is -1.99. The minimum atomic E-state index is 0. The average Bonchev–Trinajstić information content (AvgIpc) is 2.83.